The Morgan fingerprint density at radius 2 is 1.92 bits per heavy atom. The molecule has 1 aliphatic heterocycles. The summed E-state index contributed by atoms with van der Waals surface area (Å²) in [7, 11) is 0. The van der Waals surface area contributed by atoms with E-state index in [0.29, 0.717) is 44.9 Å². The van der Waals surface area contributed by atoms with Crippen molar-refractivity contribution in [2.45, 2.75) is 19.9 Å². The second-order valence-electron chi connectivity index (χ2n) is 5.69. The van der Waals surface area contributed by atoms with Crippen LogP contribution in [0.5, 0.6) is 0 Å². The summed E-state index contributed by atoms with van der Waals surface area (Å²) >= 11 is 1.15. The maximum atomic E-state index is 12.3. The van der Waals surface area contributed by atoms with Crippen LogP contribution in [0.15, 0.2) is 33.0 Å². The Morgan fingerprint density at radius 1 is 1.21 bits per heavy atom. The molecule has 0 unspecified atom stereocenters. The van der Waals surface area contributed by atoms with Gasteiger partial charge in [0.05, 0.1) is 6.26 Å². The molecule has 3 rings (SSSR count). The first-order valence-electron chi connectivity index (χ1n) is 7.82. The van der Waals surface area contributed by atoms with Gasteiger partial charge in [0.1, 0.15) is 0 Å². The SMILES string of the molecule is Cc1csc(=O)n1CCC(=O)N1CCN(C(=O)c2ccco2)CC1. The smallest absolute Gasteiger partial charge is 0.307 e. The number of rotatable bonds is 4. The molecule has 8 heteroatoms. The van der Waals surface area contributed by atoms with Crippen molar-refractivity contribution >= 4 is 23.2 Å². The van der Waals surface area contributed by atoms with Gasteiger partial charge >= 0.3 is 4.87 Å². The zero-order valence-electron chi connectivity index (χ0n) is 13.4. The molecule has 0 aliphatic carbocycles. The number of hydrogen-bond donors (Lipinski definition) is 0. The first-order valence-corrected chi connectivity index (χ1v) is 8.69. The fraction of sp³-hybridized carbons (Fsp3) is 0.438. The second-order valence-corrected chi connectivity index (χ2v) is 6.52. The Labute approximate surface area is 143 Å². The molecule has 2 aromatic rings. The van der Waals surface area contributed by atoms with Crippen LogP contribution in [-0.4, -0.2) is 52.4 Å². The number of aromatic nitrogens is 1. The Kier molecular flexibility index (Phi) is 4.84. The van der Waals surface area contributed by atoms with E-state index in [0.717, 1.165) is 17.0 Å². The van der Waals surface area contributed by atoms with Crippen molar-refractivity contribution in [1.82, 2.24) is 14.4 Å². The van der Waals surface area contributed by atoms with Crippen molar-refractivity contribution in [2.75, 3.05) is 26.2 Å². The summed E-state index contributed by atoms with van der Waals surface area (Å²) in [5, 5.41) is 1.80. The van der Waals surface area contributed by atoms with E-state index in [2.05, 4.69) is 0 Å². The van der Waals surface area contributed by atoms with Gasteiger partial charge in [-0.2, -0.15) is 0 Å². The number of thiazole rings is 1. The van der Waals surface area contributed by atoms with E-state index < -0.39 is 0 Å². The van der Waals surface area contributed by atoms with Gasteiger partial charge < -0.3 is 18.8 Å². The van der Waals surface area contributed by atoms with Crippen molar-refractivity contribution in [1.29, 1.82) is 0 Å². The van der Waals surface area contributed by atoms with Crippen molar-refractivity contribution < 1.29 is 14.0 Å². The highest BCUT2D eigenvalue weighted by atomic mass is 32.1. The summed E-state index contributed by atoms with van der Waals surface area (Å²) in [6, 6.07) is 3.32. The molecule has 3 heterocycles. The normalized spacial score (nSPS) is 14.9. The van der Waals surface area contributed by atoms with Crippen LogP contribution in [-0.2, 0) is 11.3 Å². The molecule has 0 N–H and O–H groups in total. The summed E-state index contributed by atoms with van der Waals surface area (Å²) in [6.45, 7) is 4.25. The van der Waals surface area contributed by atoms with Crippen molar-refractivity contribution in [3.05, 3.63) is 44.9 Å². The van der Waals surface area contributed by atoms with E-state index >= 15 is 0 Å². The Morgan fingerprint density at radius 3 is 2.50 bits per heavy atom. The van der Waals surface area contributed by atoms with Crippen LogP contribution in [0.25, 0.3) is 0 Å². The van der Waals surface area contributed by atoms with Crippen LogP contribution in [0.4, 0.5) is 0 Å². The summed E-state index contributed by atoms with van der Waals surface area (Å²) < 4.78 is 6.75. The van der Waals surface area contributed by atoms with Gasteiger partial charge in [-0.25, -0.2) is 0 Å². The average Bonchev–Trinajstić information content (AvgIpc) is 3.23. The standard InChI is InChI=1S/C16H19N3O4S/c1-12-11-24-16(22)19(12)5-4-14(20)17-6-8-18(9-7-17)15(21)13-3-2-10-23-13/h2-3,10-11H,4-9H2,1H3. The molecule has 1 fully saturated rings. The van der Waals surface area contributed by atoms with E-state index in [1.165, 1.54) is 6.26 Å². The van der Waals surface area contributed by atoms with Crippen LogP contribution in [0.1, 0.15) is 22.7 Å². The predicted octanol–water partition coefficient (Wildman–Crippen LogP) is 1.19. The van der Waals surface area contributed by atoms with Gasteiger partial charge in [-0.1, -0.05) is 11.3 Å². The first kappa shape index (κ1) is 16.5. The van der Waals surface area contributed by atoms with Crippen LogP contribution in [0, 0.1) is 6.92 Å². The fourth-order valence-corrected chi connectivity index (χ4v) is 3.52. The molecule has 0 atom stereocenters. The molecule has 0 bridgehead atoms. The van der Waals surface area contributed by atoms with Gasteiger partial charge in [0.15, 0.2) is 5.76 Å². The summed E-state index contributed by atoms with van der Waals surface area (Å²) in [5.74, 6) is 0.187. The molecule has 2 aromatic heterocycles. The average molecular weight is 349 g/mol. The Bertz CT molecular complexity index is 770. The Balaban J connectivity index is 1.50. The molecule has 0 spiro atoms. The highest BCUT2D eigenvalue weighted by molar-refractivity contribution is 7.07. The number of amides is 2. The molecular weight excluding hydrogens is 330 g/mol. The van der Waals surface area contributed by atoms with Crippen LogP contribution in [0.2, 0.25) is 0 Å². The molecule has 0 saturated carbocycles. The highest BCUT2D eigenvalue weighted by Gasteiger charge is 2.25. The minimum atomic E-state index is -0.146. The zero-order chi connectivity index (χ0) is 17.1. The summed E-state index contributed by atoms with van der Waals surface area (Å²) in [5.41, 5.74) is 0.881. The third-order valence-corrected chi connectivity index (χ3v) is 5.06. The third kappa shape index (κ3) is 3.43. The largest absolute Gasteiger partial charge is 0.459 e. The quantitative estimate of drug-likeness (QED) is 0.831. The molecular formula is C16H19N3O4S. The number of piperazine rings is 1. The lowest BCUT2D eigenvalue weighted by Gasteiger charge is -2.34. The molecule has 1 aliphatic rings. The van der Waals surface area contributed by atoms with Crippen molar-refractivity contribution in [2.24, 2.45) is 0 Å². The van der Waals surface area contributed by atoms with Crippen molar-refractivity contribution in [3.63, 3.8) is 0 Å². The zero-order valence-corrected chi connectivity index (χ0v) is 14.3. The van der Waals surface area contributed by atoms with Gasteiger partial charge in [-0.3, -0.25) is 14.4 Å². The van der Waals surface area contributed by atoms with Crippen LogP contribution in [0.3, 0.4) is 0 Å². The minimum Gasteiger partial charge on any atom is -0.459 e. The van der Waals surface area contributed by atoms with Crippen LogP contribution < -0.4 is 4.87 Å². The monoisotopic (exact) mass is 349 g/mol. The number of nitrogens with zero attached hydrogens (tertiary/aromatic N) is 3. The van der Waals surface area contributed by atoms with Gasteiger partial charge in [0.2, 0.25) is 5.91 Å². The molecule has 128 valence electrons. The van der Waals surface area contributed by atoms with E-state index in [-0.39, 0.29) is 16.7 Å². The predicted molar refractivity (Wildman–Crippen MR) is 89.1 cm³/mol. The number of furan rings is 1. The minimum absolute atomic E-state index is 0.0117. The van der Waals surface area contributed by atoms with E-state index in [1.54, 1.807) is 31.9 Å². The van der Waals surface area contributed by atoms with Gasteiger partial charge in [0.25, 0.3) is 5.91 Å². The molecule has 2 amide bonds. The van der Waals surface area contributed by atoms with Crippen molar-refractivity contribution in [3.8, 4) is 0 Å². The summed E-state index contributed by atoms with van der Waals surface area (Å²) in [4.78, 5) is 39.6. The lowest BCUT2D eigenvalue weighted by atomic mass is 10.2. The summed E-state index contributed by atoms with van der Waals surface area (Å²) in [6.07, 6.45) is 1.77. The molecule has 0 aromatic carbocycles. The lowest BCUT2D eigenvalue weighted by Crippen LogP contribution is -2.50. The highest BCUT2D eigenvalue weighted by Crippen LogP contribution is 2.10. The second kappa shape index (κ2) is 7.04. The topological polar surface area (TPSA) is 75.8 Å². The van der Waals surface area contributed by atoms with E-state index in [1.807, 2.05) is 6.92 Å². The molecule has 24 heavy (non-hydrogen) atoms. The lowest BCUT2D eigenvalue weighted by molar-refractivity contribution is -0.132. The van der Waals surface area contributed by atoms with E-state index in [9.17, 15) is 14.4 Å². The Hall–Kier alpha value is -2.35. The van der Waals surface area contributed by atoms with E-state index in [4.69, 9.17) is 4.42 Å². The number of hydrogen-bond acceptors (Lipinski definition) is 5. The number of aryl methyl sites for hydroxylation is 1. The van der Waals surface area contributed by atoms with Gasteiger partial charge in [-0.05, 0) is 19.1 Å². The molecule has 0 radical (unpaired) electrons. The maximum Gasteiger partial charge on any atom is 0.307 e. The maximum absolute atomic E-state index is 12.3. The number of carbonyl (C=O) groups excluding carboxylic acids is 2. The van der Waals surface area contributed by atoms with Gasteiger partial charge in [-0.15, -0.1) is 0 Å². The van der Waals surface area contributed by atoms with Gasteiger partial charge in [0, 0.05) is 50.2 Å². The molecule has 1 saturated heterocycles. The molecule has 7 nitrogen and oxygen atoms in total. The number of carbonyl (C=O) groups is 2. The fourth-order valence-electron chi connectivity index (χ4n) is 2.76. The van der Waals surface area contributed by atoms with Crippen LogP contribution >= 0.6 is 11.3 Å². The first-order chi connectivity index (χ1) is 11.6. The third-order valence-electron chi connectivity index (χ3n) is 4.18.